The van der Waals surface area contributed by atoms with Gasteiger partial charge >= 0.3 is 5.97 Å². The molecule has 0 aliphatic heterocycles. The average Bonchev–Trinajstić information content (AvgIpc) is 2.52. The third-order valence-corrected chi connectivity index (χ3v) is 4.96. The van der Waals surface area contributed by atoms with E-state index in [0.717, 1.165) is 12.8 Å². The Bertz CT molecular complexity index is 591. The van der Waals surface area contributed by atoms with Crippen LogP contribution in [0.15, 0.2) is 18.2 Å². The van der Waals surface area contributed by atoms with Gasteiger partial charge in [0.2, 0.25) is 0 Å². The molecule has 0 saturated heterocycles. The van der Waals surface area contributed by atoms with Gasteiger partial charge in [0.15, 0.2) is 6.61 Å². The number of rotatable bonds is 4. The number of hydrogen-bond acceptors (Lipinski definition) is 4. The van der Waals surface area contributed by atoms with Crippen LogP contribution in [0.5, 0.6) is 0 Å². The molecule has 5 nitrogen and oxygen atoms in total. The Morgan fingerprint density at radius 3 is 2.78 bits per heavy atom. The fourth-order valence-electron chi connectivity index (χ4n) is 2.92. The van der Waals surface area contributed by atoms with Crippen molar-refractivity contribution in [2.75, 3.05) is 12.3 Å². The highest BCUT2D eigenvalue weighted by Gasteiger charge is 2.28. The SMILES string of the molecule is C[C@@H]1[C@H](C)CCC[C@@H]1NC(=O)COC(=O)c1ccc(Cl)c(N)c1. The molecule has 1 fully saturated rings. The maximum absolute atomic E-state index is 12.0. The van der Waals surface area contributed by atoms with Crippen LogP contribution < -0.4 is 11.1 Å². The Labute approximate surface area is 141 Å². The molecular formula is C17H23ClN2O3. The predicted octanol–water partition coefficient (Wildman–Crippen LogP) is 3.02. The predicted molar refractivity (Wildman–Crippen MR) is 90.3 cm³/mol. The van der Waals surface area contributed by atoms with E-state index < -0.39 is 5.97 Å². The van der Waals surface area contributed by atoms with Gasteiger partial charge in [-0.1, -0.05) is 38.3 Å². The number of anilines is 1. The van der Waals surface area contributed by atoms with Crippen LogP contribution in [0, 0.1) is 11.8 Å². The van der Waals surface area contributed by atoms with Gasteiger partial charge in [0, 0.05) is 6.04 Å². The van der Waals surface area contributed by atoms with Gasteiger partial charge < -0.3 is 15.8 Å². The zero-order chi connectivity index (χ0) is 17.0. The summed E-state index contributed by atoms with van der Waals surface area (Å²) >= 11 is 5.81. The molecule has 3 N–H and O–H groups in total. The minimum Gasteiger partial charge on any atom is -0.452 e. The molecule has 1 aliphatic carbocycles. The summed E-state index contributed by atoms with van der Waals surface area (Å²) in [7, 11) is 0. The van der Waals surface area contributed by atoms with Gasteiger partial charge in [-0.05, 0) is 36.5 Å². The Kier molecular flexibility index (Phi) is 5.88. The lowest BCUT2D eigenvalue weighted by atomic mass is 9.78. The van der Waals surface area contributed by atoms with Crippen LogP contribution in [-0.4, -0.2) is 24.5 Å². The Balaban J connectivity index is 1.84. The van der Waals surface area contributed by atoms with Crippen molar-refractivity contribution in [2.45, 2.75) is 39.2 Å². The molecule has 3 atom stereocenters. The Morgan fingerprint density at radius 1 is 1.35 bits per heavy atom. The van der Waals surface area contributed by atoms with Crippen molar-refractivity contribution in [3.63, 3.8) is 0 Å². The summed E-state index contributed by atoms with van der Waals surface area (Å²) in [6.45, 7) is 4.06. The van der Waals surface area contributed by atoms with Gasteiger partial charge in [0.05, 0.1) is 16.3 Å². The second kappa shape index (κ2) is 7.68. The largest absolute Gasteiger partial charge is 0.452 e. The van der Waals surface area contributed by atoms with Crippen LogP contribution >= 0.6 is 11.6 Å². The molecular weight excluding hydrogens is 316 g/mol. The quantitative estimate of drug-likeness (QED) is 0.653. The van der Waals surface area contributed by atoms with Crippen LogP contribution in [0.1, 0.15) is 43.5 Å². The smallest absolute Gasteiger partial charge is 0.338 e. The summed E-state index contributed by atoms with van der Waals surface area (Å²) in [5.41, 5.74) is 6.23. The molecule has 0 aromatic heterocycles. The summed E-state index contributed by atoms with van der Waals surface area (Å²) in [6, 6.07) is 4.63. The molecule has 1 amide bonds. The number of benzene rings is 1. The Morgan fingerprint density at radius 2 is 2.09 bits per heavy atom. The lowest BCUT2D eigenvalue weighted by Gasteiger charge is -2.34. The van der Waals surface area contributed by atoms with Crippen LogP contribution in [0.25, 0.3) is 0 Å². The van der Waals surface area contributed by atoms with Crippen molar-refractivity contribution < 1.29 is 14.3 Å². The van der Waals surface area contributed by atoms with E-state index in [-0.39, 0.29) is 24.1 Å². The summed E-state index contributed by atoms with van der Waals surface area (Å²) in [6.07, 6.45) is 3.28. The highest BCUT2D eigenvalue weighted by atomic mass is 35.5. The summed E-state index contributed by atoms with van der Waals surface area (Å²) in [5, 5.41) is 3.34. The third kappa shape index (κ3) is 4.61. The topological polar surface area (TPSA) is 81.4 Å². The summed E-state index contributed by atoms with van der Waals surface area (Å²) in [5.74, 6) is 0.160. The number of carbonyl (C=O) groups is 2. The molecule has 0 spiro atoms. The van der Waals surface area contributed by atoms with Gasteiger partial charge in [-0.2, -0.15) is 0 Å². The molecule has 1 saturated carbocycles. The zero-order valence-electron chi connectivity index (χ0n) is 13.5. The number of amides is 1. The van der Waals surface area contributed by atoms with E-state index in [1.165, 1.54) is 24.6 Å². The molecule has 6 heteroatoms. The highest BCUT2D eigenvalue weighted by Crippen LogP contribution is 2.29. The first-order valence-electron chi connectivity index (χ1n) is 7.90. The first kappa shape index (κ1) is 17.6. The zero-order valence-corrected chi connectivity index (χ0v) is 14.2. The molecule has 23 heavy (non-hydrogen) atoms. The van der Waals surface area contributed by atoms with Gasteiger partial charge in [-0.3, -0.25) is 4.79 Å². The number of halogens is 1. The van der Waals surface area contributed by atoms with Crippen molar-refractivity contribution in [1.82, 2.24) is 5.32 Å². The Hall–Kier alpha value is -1.75. The molecule has 0 radical (unpaired) electrons. The molecule has 1 aromatic rings. The number of ether oxygens (including phenoxy) is 1. The van der Waals surface area contributed by atoms with Crippen molar-refractivity contribution in [2.24, 2.45) is 11.8 Å². The van der Waals surface area contributed by atoms with Crippen molar-refractivity contribution in [1.29, 1.82) is 0 Å². The first-order valence-corrected chi connectivity index (χ1v) is 8.27. The number of esters is 1. The molecule has 0 heterocycles. The van der Waals surface area contributed by atoms with Crippen LogP contribution in [-0.2, 0) is 9.53 Å². The summed E-state index contributed by atoms with van der Waals surface area (Å²) in [4.78, 5) is 23.9. The van der Waals surface area contributed by atoms with Gasteiger partial charge in [-0.15, -0.1) is 0 Å². The maximum Gasteiger partial charge on any atom is 0.338 e. The van der Waals surface area contributed by atoms with E-state index in [9.17, 15) is 9.59 Å². The minimum absolute atomic E-state index is 0.149. The molecule has 126 valence electrons. The minimum atomic E-state index is -0.589. The summed E-state index contributed by atoms with van der Waals surface area (Å²) < 4.78 is 5.04. The van der Waals surface area contributed by atoms with E-state index in [2.05, 4.69) is 19.2 Å². The van der Waals surface area contributed by atoms with E-state index in [4.69, 9.17) is 22.1 Å². The van der Waals surface area contributed by atoms with E-state index in [1.54, 1.807) is 0 Å². The second-order valence-electron chi connectivity index (χ2n) is 6.25. The number of nitrogens with one attached hydrogen (secondary N) is 1. The number of nitrogens with two attached hydrogens (primary N) is 1. The van der Waals surface area contributed by atoms with Gasteiger partial charge in [0.25, 0.3) is 5.91 Å². The fraction of sp³-hybridized carbons (Fsp3) is 0.529. The average molecular weight is 339 g/mol. The number of nitrogen functional groups attached to an aromatic ring is 1. The first-order chi connectivity index (χ1) is 10.9. The lowest BCUT2D eigenvalue weighted by Crippen LogP contribution is -2.45. The van der Waals surface area contributed by atoms with Crippen molar-refractivity contribution >= 4 is 29.2 Å². The van der Waals surface area contributed by atoms with E-state index in [1.807, 2.05) is 0 Å². The van der Waals surface area contributed by atoms with Crippen LogP contribution in [0.4, 0.5) is 5.69 Å². The maximum atomic E-state index is 12.0. The monoisotopic (exact) mass is 338 g/mol. The number of carbonyl (C=O) groups excluding carboxylic acids is 2. The third-order valence-electron chi connectivity index (χ3n) is 4.62. The van der Waals surface area contributed by atoms with Crippen LogP contribution in [0.2, 0.25) is 5.02 Å². The van der Waals surface area contributed by atoms with Gasteiger partial charge in [0.1, 0.15) is 0 Å². The standard InChI is InChI=1S/C17H23ClN2O3/c1-10-4-3-5-15(11(10)2)20-16(21)9-23-17(22)12-6-7-13(18)14(19)8-12/h6-8,10-11,15H,3-5,9,19H2,1-2H3,(H,20,21)/t10-,11-,15+/m1/s1. The second-order valence-corrected chi connectivity index (χ2v) is 6.66. The van der Waals surface area contributed by atoms with E-state index in [0.29, 0.717) is 22.5 Å². The lowest BCUT2D eigenvalue weighted by molar-refractivity contribution is -0.125. The number of hydrogen-bond donors (Lipinski definition) is 2. The highest BCUT2D eigenvalue weighted by molar-refractivity contribution is 6.33. The fourth-order valence-corrected chi connectivity index (χ4v) is 3.04. The molecule has 1 aromatic carbocycles. The van der Waals surface area contributed by atoms with Crippen LogP contribution in [0.3, 0.4) is 0 Å². The van der Waals surface area contributed by atoms with Gasteiger partial charge in [-0.25, -0.2) is 4.79 Å². The molecule has 0 unspecified atom stereocenters. The van der Waals surface area contributed by atoms with Crippen molar-refractivity contribution in [3.8, 4) is 0 Å². The van der Waals surface area contributed by atoms with Crippen molar-refractivity contribution in [3.05, 3.63) is 28.8 Å². The normalized spacial score (nSPS) is 24.0. The molecule has 0 bridgehead atoms. The molecule has 1 aliphatic rings. The molecule has 2 rings (SSSR count). The van der Waals surface area contributed by atoms with E-state index >= 15 is 0 Å².